The number of hydrogen-bond acceptors (Lipinski definition) is 5. The predicted octanol–water partition coefficient (Wildman–Crippen LogP) is 2.44. The fourth-order valence-electron chi connectivity index (χ4n) is 1.01. The molecule has 5 nitrogen and oxygen atoms in total. The lowest BCUT2D eigenvalue weighted by molar-refractivity contribution is -0.110. The Hall–Kier alpha value is -0.820. The fourth-order valence-corrected chi connectivity index (χ4v) is 1.37. The summed E-state index contributed by atoms with van der Waals surface area (Å²) in [6, 6.07) is 0. The minimum absolute atomic E-state index is 0.218. The van der Waals surface area contributed by atoms with Gasteiger partial charge in [0.05, 0.1) is 6.61 Å². The summed E-state index contributed by atoms with van der Waals surface area (Å²) >= 11 is 8.53. The highest BCUT2D eigenvalue weighted by Crippen LogP contribution is 2.01. The minimum atomic E-state index is -0.582. The summed E-state index contributed by atoms with van der Waals surface area (Å²) in [5.41, 5.74) is 0. The van der Waals surface area contributed by atoms with Gasteiger partial charge in [-0.3, -0.25) is 10.1 Å². The van der Waals surface area contributed by atoms with E-state index in [1.165, 1.54) is 0 Å². The number of unbranched alkanes of at least 4 members (excludes halogenated alkanes) is 1. The third kappa shape index (κ3) is 10.3. The van der Waals surface area contributed by atoms with Gasteiger partial charge in [-0.25, -0.2) is 4.79 Å². The van der Waals surface area contributed by atoms with Crippen molar-refractivity contribution >= 4 is 41.1 Å². The van der Waals surface area contributed by atoms with Gasteiger partial charge in [-0.2, -0.15) is 0 Å². The Bertz CT molecular complexity index is 297. The minimum Gasteiger partial charge on any atom is -0.464 e. The smallest absolute Gasteiger partial charge is 0.409 e. The Morgan fingerprint density at radius 3 is 2.61 bits per heavy atom. The lowest BCUT2D eigenvalue weighted by Crippen LogP contribution is -2.36. The molecule has 0 fully saturated rings. The monoisotopic (exact) mass is 293 g/mol. The van der Waals surface area contributed by atoms with E-state index in [9.17, 15) is 9.59 Å². The Labute approximate surface area is 118 Å². The van der Waals surface area contributed by atoms with Crippen LogP contribution in [0.3, 0.4) is 0 Å². The van der Waals surface area contributed by atoms with Crippen molar-refractivity contribution in [1.29, 1.82) is 0 Å². The maximum absolute atomic E-state index is 11.3. The van der Waals surface area contributed by atoms with Crippen LogP contribution in [-0.4, -0.2) is 29.1 Å². The van der Waals surface area contributed by atoms with Crippen molar-refractivity contribution in [3.05, 3.63) is 0 Å². The van der Waals surface area contributed by atoms with Gasteiger partial charge in [-0.05, 0) is 25.6 Å². The molecule has 0 aromatic carbocycles. The maximum Gasteiger partial charge on any atom is 0.409 e. The summed E-state index contributed by atoms with van der Waals surface area (Å²) < 4.78 is 10.1. The van der Waals surface area contributed by atoms with Crippen molar-refractivity contribution in [3.8, 4) is 0 Å². The number of ether oxygens (including phenoxy) is 2. The number of alkyl carbamates (subject to hydrolysis) is 1. The molecule has 0 aromatic rings. The zero-order chi connectivity index (χ0) is 14.0. The third-order valence-corrected chi connectivity index (χ3v) is 2.43. The molecule has 0 aliphatic rings. The van der Waals surface area contributed by atoms with Gasteiger partial charge in [0.25, 0.3) is 0 Å². The molecular weight excluding hydrogens is 274 g/mol. The molecule has 7 heteroatoms. The maximum atomic E-state index is 11.3. The number of hydrogen-bond donors (Lipinski definition) is 2. The fraction of sp³-hybridized carbons (Fsp3) is 0.727. The molecule has 0 bridgehead atoms. The first-order valence-corrected chi connectivity index (χ1v) is 6.65. The second-order valence-electron chi connectivity index (χ2n) is 3.66. The van der Waals surface area contributed by atoms with Crippen molar-refractivity contribution in [2.75, 3.05) is 6.61 Å². The SMILES string of the molecule is CCCCOC(=O)NC(C)OC(=S)CCC(=O)S. The number of thiol groups is 1. The molecule has 0 rings (SSSR count). The van der Waals surface area contributed by atoms with Crippen LogP contribution in [0.1, 0.15) is 39.5 Å². The van der Waals surface area contributed by atoms with Crippen LogP contribution >= 0.6 is 24.8 Å². The molecule has 0 aliphatic carbocycles. The first-order valence-electron chi connectivity index (χ1n) is 5.80. The Balaban J connectivity index is 3.74. The molecule has 1 N–H and O–H groups in total. The Morgan fingerprint density at radius 1 is 1.39 bits per heavy atom. The molecule has 0 aromatic heterocycles. The molecule has 104 valence electrons. The van der Waals surface area contributed by atoms with E-state index in [-0.39, 0.29) is 16.6 Å². The summed E-state index contributed by atoms with van der Waals surface area (Å²) in [7, 11) is 0. The summed E-state index contributed by atoms with van der Waals surface area (Å²) in [6.07, 6.45) is 1.20. The van der Waals surface area contributed by atoms with Crippen molar-refractivity contribution in [1.82, 2.24) is 5.32 Å². The van der Waals surface area contributed by atoms with E-state index < -0.39 is 12.3 Å². The molecule has 0 saturated heterocycles. The second kappa shape index (κ2) is 10.1. The second-order valence-corrected chi connectivity index (χ2v) is 4.61. The lowest BCUT2D eigenvalue weighted by atomic mass is 10.3. The van der Waals surface area contributed by atoms with Crippen LogP contribution < -0.4 is 5.32 Å². The van der Waals surface area contributed by atoms with Crippen molar-refractivity contribution in [3.63, 3.8) is 0 Å². The van der Waals surface area contributed by atoms with Gasteiger partial charge in [0, 0.05) is 12.8 Å². The summed E-state index contributed by atoms with van der Waals surface area (Å²) in [6.45, 7) is 4.03. The number of nitrogens with one attached hydrogen (secondary N) is 1. The molecule has 1 unspecified atom stereocenters. The van der Waals surface area contributed by atoms with Gasteiger partial charge < -0.3 is 9.47 Å². The molecule has 0 radical (unpaired) electrons. The molecular formula is C11H19NO4S2. The van der Waals surface area contributed by atoms with E-state index in [2.05, 4.69) is 17.9 Å². The molecule has 1 amide bonds. The number of amides is 1. The summed E-state index contributed by atoms with van der Waals surface area (Å²) in [5.74, 6) is 0. The number of thiocarbonyl (C=S) groups is 1. The predicted molar refractivity (Wildman–Crippen MR) is 75.8 cm³/mol. The van der Waals surface area contributed by atoms with Gasteiger partial charge in [0.15, 0.2) is 16.4 Å². The normalized spacial score (nSPS) is 11.5. The third-order valence-electron chi connectivity index (χ3n) is 1.90. The molecule has 0 spiro atoms. The highest BCUT2D eigenvalue weighted by molar-refractivity contribution is 7.96. The lowest BCUT2D eigenvalue weighted by Gasteiger charge is -2.16. The molecule has 0 saturated carbocycles. The van der Waals surface area contributed by atoms with E-state index in [0.29, 0.717) is 13.0 Å². The zero-order valence-corrected chi connectivity index (χ0v) is 12.3. The number of carbonyl (C=O) groups is 2. The Kier molecular flexibility index (Phi) is 9.67. The van der Waals surface area contributed by atoms with Crippen molar-refractivity contribution < 1.29 is 19.1 Å². The average Bonchev–Trinajstić information content (AvgIpc) is 2.26. The average molecular weight is 293 g/mol. The van der Waals surface area contributed by atoms with Gasteiger partial charge in [-0.1, -0.05) is 13.3 Å². The summed E-state index contributed by atoms with van der Waals surface area (Å²) in [5, 5.41) is 2.50. The van der Waals surface area contributed by atoms with E-state index in [0.717, 1.165) is 12.8 Å². The van der Waals surface area contributed by atoms with Crippen LogP contribution in [0.5, 0.6) is 0 Å². The van der Waals surface area contributed by atoms with Gasteiger partial charge >= 0.3 is 6.09 Å². The summed E-state index contributed by atoms with van der Waals surface area (Å²) in [4.78, 5) is 21.9. The molecule has 0 aliphatic heterocycles. The van der Waals surface area contributed by atoms with Gasteiger partial charge in [0.2, 0.25) is 0 Å². The largest absolute Gasteiger partial charge is 0.464 e. The number of carbonyl (C=O) groups excluding carboxylic acids is 2. The molecule has 0 heterocycles. The van der Waals surface area contributed by atoms with E-state index >= 15 is 0 Å². The highest BCUT2D eigenvalue weighted by atomic mass is 32.1. The zero-order valence-electron chi connectivity index (χ0n) is 10.6. The molecule has 18 heavy (non-hydrogen) atoms. The quantitative estimate of drug-likeness (QED) is 0.311. The van der Waals surface area contributed by atoms with Crippen molar-refractivity contribution in [2.45, 2.75) is 45.8 Å². The van der Waals surface area contributed by atoms with Crippen molar-refractivity contribution in [2.24, 2.45) is 0 Å². The van der Waals surface area contributed by atoms with Gasteiger partial charge in [0.1, 0.15) is 0 Å². The van der Waals surface area contributed by atoms with Crippen LogP contribution in [0.2, 0.25) is 0 Å². The van der Waals surface area contributed by atoms with Crippen LogP contribution in [0.4, 0.5) is 4.79 Å². The van der Waals surface area contributed by atoms with E-state index in [4.69, 9.17) is 21.7 Å². The van der Waals surface area contributed by atoms with E-state index in [1.807, 2.05) is 6.92 Å². The van der Waals surface area contributed by atoms with Crippen LogP contribution in [0.25, 0.3) is 0 Å². The molecule has 1 atom stereocenters. The van der Waals surface area contributed by atoms with Crippen LogP contribution in [0, 0.1) is 0 Å². The number of rotatable bonds is 8. The highest BCUT2D eigenvalue weighted by Gasteiger charge is 2.11. The standard InChI is InChI=1S/C11H19NO4S2/c1-3-4-7-15-11(14)12-8(2)16-10(18)6-5-9(13)17/h8H,3-7H2,1-2H3,(H,12,14)(H,13,17). The first kappa shape index (κ1) is 17.2. The van der Waals surface area contributed by atoms with Crippen LogP contribution in [0.15, 0.2) is 0 Å². The first-order chi connectivity index (χ1) is 8.45. The topological polar surface area (TPSA) is 64.6 Å². The van der Waals surface area contributed by atoms with Crippen LogP contribution in [-0.2, 0) is 14.3 Å². The van der Waals surface area contributed by atoms with Gasteiger partial charge in [-0.15, -0.1) is 12.6 Å². The Morgan fingerprint density at radius 2 is 2.06 bits per heavy atom. The van der Waals surface area contributed by atoms with E-state index in [1.54, 1.807) is 6.92 Å².